The van der Waals surface area contributed by atoms with E-state index < -0.39 is 48.4 Å². The molecule has 42 heavy (non-hydrogen) atoms. The van der Waals surface area contributed by atoms with Crippen molar-refractivity contribution in [3.8, 4) is 17.1 Å². The molecule has 0 saturated carbocycles. The van der Waals surface area contributed by atoms with Crippen molar-refractivity contribution in [2.45, 2.75) is 128 Å². The van der Waals surface area contributed by atoms with Crippen LogP contribution < -0.4 is 4.74 Å². The lowest BCUT2D eigenvalue weighted by Crippen LogP contribution is -2.40. The Morgan fingerprint density at radius 1 is 0.810 bits per heavy atom. The molecule has 2 aromatic rings. The summed E-state index contributed by atoms with van der Waals surface area (Å²) in [5, 5.41) is 0. The zero-order valence-corrected chi connectivity index (χ0v) is 24.8. The first-order valence-corrected chi connectivity index (χ1v) is 15.4. The molecule has 0 aliphatic heterocycles. The number of aryl methyl sites for hydroxylation is 1. The fourth-order valence-electron chi connectivity index (χ4n) is 5.24. The van der Waals surface area contributed by atoms with Crippen LogP contribution in [0.3, 0.4) is 0 Å². The van der Waals surface area contributed by atoms with Crippen LogP contribution in [0.1, 0.15) is 108 Å². The molecule has 4 nitrogen and oxygen atoms in total. The van der Waals surface area contributed by atoms with Crippen molar-refractivity contribution in [2.24, 2.45) is 0 Å². The topological polar surface area (TPSA) is 44.2 Å². The van der Waals surface area contributed by atoms with Gasteiger partial charge in [-0.05, 0) is 49.4 Å². The van der Waals surface area contributed by atoms with Gasteiger partial charge in [0.25, 0.3) is 5.95 Å². The van der Waals surface area contributed by atoms with Crippen LogP contribution in [-0.2, 0) is 17.1 Å². The third-order valence-electron chi connectivity index (χ3n) is 7.69. The molecule has 0 amide bonds. The number of nitrogens with zero attached hydrogens (tertiary/aromatic N) is 2. The van der Waals surface area contributed by atoms with Crippen molar-refractivity contribution in [3.05, 3.63) is 41.2 Å². The Kier molecular flexibility index (Phi) is 13.9. The molecule has 3 unspecified atom stereocenters. The minimum atomic E-state index is -3.71. The van der Waals surface area contributed by atoms with Gasteiger partial charge in [0, 0.05) is 0 Å². The minimum Gasteiger partial charge on any atom is -0.486 e. The second-order valence-electron chi connectivity index (χ2n) is 11.2. The summed E-state index contributed by atoms with van der Waals surface area (Å²) in [5.74, 6) is -6.41. The van der Waals surface area contributed by atoms with Gasteiger partial charge in [-0.1, -0.05) is 78.1 Å². The number of pyridine rings is 2. The number of alkyl halides is 4. The van der Waals surface area contributed by atoms with E-state index in [0.29, 0.717) is 12.8 Å². The number of fused-ring (bicyclic) bond motifs is 1. The number of hydrogen-bond acceptors (Lipinski definition) is 4. The zero-order chi connectivity index (χ0) is 30.5. The Morgan fingerprint density at radius 2 is 1.40 bits per heavy atom. The summed E-state index contributed by atoms with van der Waals surface area (Å²) in [6.45, 7) is 3.37. The highest BCUT2D eigenvalue weighted by Crippen LogP contribution is 2.44. The summed E-state index contributed by atoms with van der Waals surface area (Å²) < 4.78 is 98.9. The monoisotopic (exact) mass is 602 g/mol. The molecular formula is C32H44F6N2O2. The summed E-state index contributed by atoms with van der Waals surface area (Å²) in [6.07, 6.45) is 5.86. The molecular weight excluding hydrogens is 558 g/mol. The quantitative estimate of drug-likeness (QED) is 0.0913. The summed E-state index contributed by atoms with van der Waals surface area (Å²) in [7, 11) is 0. The maximum atomic E-state index is 15.2. The number of aromatic nitrogens is 2. The van der Waals surface area contributed by atoms with E-state index in [1.54, 1.807) is 0 Å². The second kappa shape index (κ2) is 17.1. The van der Waals surface area contributed by atoms with E-state index in [2.05, 4.69) is 16.9 Å². The van der Waals surface area contributed by atoms with Crippen molar-refractivity contribution < 1.29 is 35.8 Å². The minimum absolute atomic E-state index is 0.0104. The van der Waals surface area contributed by atoms with Gasteiger partial charge in [0.05, 0.1) is 23.6 Å². The van der Waals surface area contributed by atoms with Gasteiger partial charge in [0.2, 0.25) is 5.95 Å². The number of rotatable bonds is 19. The van der Waals surface area contributed by atoms with Gasteiger partial charge in [-0.3, -0.25) is 0 Å². The SMILES string of the molecule is CCCCCCCCC(F)COc1ccc(-c2cc3c(c(F)n2)C(F)(F)C(OCC(F)CCCCCC)CC3)nc1F. The van der Waals surface area contributed by atoms with E-state index in [1.807, 2.05) is 6.92 Å². The molecule has 0 saturated heterocycles. The van der Waals surface area contributed by atoms with Gasteiger partial charge in [-0.2, -0.15) is 17.6 Å². The molecule has 2 aromatic heterocycles. The van der Waals surface area contributed by atoms with Gasteiger partial charge in [-0.15, -0.1) is 0 Å². The molecule has 0 aromatic carbocycles. The molecule has 0 fully saturated rings. The first-order chi connectivity index (χ1) is 20.2. The van der Waals surface area contributed by atoms with Crippen molar-refractivity contribution in [1.82, 2.24) is 9.97 Å². The number of ether oxygens (including phenoxy) is 2. The number of unbranched alkanes of at least 4 members (excludes halogenated alkanes) is 8. The van der Waals surface area contributed by atoms with Gasteiger partial charge < -0.3 is 9.47 Å². The molecule has 1 aliphatic carbocycles. The van der Waals surface area contributed by atoms with E-state index in [1.165, 1.54) is 24.6 Å². The predicted molar refractivity (Wildman–Crippen MR) is 151 cm³/mol. The molecule has 0 bridgehead atoms. The fourth-order valence-corrected chi connectivity index (χ4v) is 5.24. The average molecular weight is 603 g/mol. The summed E-state index contributed by atoms with van der Waals surface area (Å²) in [6, 6.07) is 3.82. The smallest absolute Gasteiger partial charge is 0.303 e. The molecule has 10 heteroatoms. The van der Waals surface area contributed by atoms with Crippen LogP contribution in [-0.4, -0.2) is 41.6 Å². The first-order valence-electron chi connectivity index (χ1n) is 15.4. The molecule has 1 aliphatic rings. The van der Waals surface area contributed by atoms with Crippen LogP contribution >= 0.6 is 0 Å². The lowest BCUT2D eigenvalue weighted by Gasteiger charge is -2.33. The Morgan fingerprint density at radius 3 is 2.07 bits per heavy atom. The van der Waals surface area contributed by atoms with Gasteiger partial charge in [0.1, 0.15) is 25.1 Å². The van der Waals surface area contributed by atoms with Crippen LogP contribution in [0.2, 0.25) is 0 Å². The highest BCUT2D eigenvalue weighted by Gasteiger charge is 2.49. The summed E-state index contributed by atoms with van der Waals surface area (Å²) in [5.41, 5.74) is -1.07. The van der Waals surface area contributed by atoms with Crippen LogP contribution in [0.15, 0.2) is 18.2 Å². The van der Waals surface area contributed by atoms with E-state index in [4.69, 9.17) is 9.47 Å². The van der Waals surface area contributed by atoms with Crippen LogP contribution in [0.4, 0.5) is 26.3 Å². The first kappa shape index (κ1) is 34.1. The van der Waals surface area contributed by atoms with Crippen LogP contribution in [0.5, 0.6) is 5.75 Å². The Labute approximate surface area is 245 Å². The standard InChI is InChI=1S/C32H44F6N2O2/c1-3-5-7-9-10-12-14-23(33)20-41-27-17-16-25(39-30(27)35)26-19-22-15-18-28(32(37,38)29(22)31(36)40-26)42-21-24(34)13-11-8-6-4-2/h16-17,19,23-24,28H,3-15,18,20-21H2,1-2H3. The molecule has 3 atom stereocenters. The van der Waals surface area contributed by atoms with Crippen molar-refractivity contribution in [2.75, 3.05) is 13.2 Å². The molecule has 236 valence electrons. The Hall–Kier alpha value is -2.36. The van der Waals surface area contributed by atoms with E-state index in [9.17, 15) is 17.6 Å². The number of hydrogen-bond donors (Lipinski definition) is 0. The summed E-state index contributed by atoms with van der Waals surface area (Å²) >= 11 is 0. The van der Waals surface area contributed by atoms with Crippen molar-refractivity contribution in [3.63, 3.8) is 0 Å². The lowest BCUT2D eigenvalue weighted by molar-refractivity contribution is -0.160. The Bertz CT molecular complexity index is 1100. The Balaban J connectivity index is 1.58. The molecule has 0 N–H and O–H groups in total. The maximum Gasteiger partial charge on any atom is 0.303 e. The van der Waals surface area contributed by atoms with Crippen molar-refractivity contribution in [1.29, 1.82) is 0 Å². The third-order valence-corrected chi connectivity index (χ3v) is 7.69. The van der Waals surface area contributed by atoms with Gasteiger partial charge in [-0.25, -0.2) is 18.7 Å². The van der Waals surface area contributed by atoms with E-state index >= 15 is 8.78 Å². The normalized spacial score (nSPS) is 17.6. The molecule has 3 rings (SSSR count). The van der Waals surface area contributed by atoms with E-state index in [0.717, 1.165) is 51.4 Å². The van der Waals surface area contributed by atoms with Crippen LogP contribution in [0, 0.1) is 11.9 Å². The summed E-state index contributed by atoms with van der Waals surface area (Å²) in [4.78, 5) is 7.39. The largest absolute Gasteiger partial charge is 0.486 e. The highest BCUT2D eigenvalue weighted by atomic mass is 19.3. The third kappa shape index (κ3) is 9.85. The lowest BCUT2D eigenvalue weighted by atomic mass is 9.86. The second-order valence-corrected chi connectivity index (χ2v) is 11.2. The van der Waals surface area contributed by atoms with Crippen molar-refractivity contribution >= 4 is 0 Å². The predicted octanol–water partition coefficient (Wildman–Crippen LogP) is 9.62. The number of halogens is 6. The van der Waals surface area contributed by atoms with Gasteiger partial charge >= 0.3 is 5.92 Å². The highest BCUT2D eigenvalue weighted by molar-refractivity contribution is 5.57. The molecule has 0 spiro atoms. The molecule has 2 heterocycles. The fraction of sp³-hybridized carbons (Fsp3) is 0.688. The maximum absolute atomic E-state index is 15.2. The average Bonchev–Trinajstić information content (AvgIpc) is 2.95. The molecule has 0 radical (unpaired) electrons. The van der Waals surface area contributed by atoms with E-state index in [-0.39, 0.29) is 48.6 Å². The zero-order valence-electron chi connectivity index (χ0n) is 24.8. The van der Waals surface area contributed by atoms with Gasteiger partial charge in [0.15, 0.2) is 5.75 Å². The van der Waals surface area contributed by atoms with Crippen LogP contribution in [0.25, 0.3) is 11.4 Å².